The third-order valence-corrected chi connectivity index (χ3v) is 3.53. The first kappa shape index (κ1) is 11.1. The second-order valence-electron chi connectivity index (χ2n) is 3.89. The Labute approximate surface area is 99.2 Å². The van der Waals surface area contributed by atoms with Gasteiger partial charge in [-0.1, -0.05) is 6.08 Å². The molecule has 0 aliphatic carbocycles. The molecule has 2 aromatic heterocycles. The van der Waals surface area contributed by atoms with Crippen molar-refractivity contribution in [3.8, 4) is 0 Å². The van der Waals surface area contributed by atoms with Gasteiger partial charge in [0, 0.05) is 6.04 Å². The van der Waals surface area contributed by atoms with Gasteiger partial charge in [-0.05, 0) is 31.2 Å². The first-order valence-electron chi connectivity index (χ1n) is 5.28. The maximum Gasteiger partial charge on any atom is 0.147 e. The molecule has 0 radical (unpaired) electrons. The summed E-state index contributed by atoms with van der Waals surface area (Å²) in [5.74, 6) is 0.928. The van der Waals surface area contributed by atoms with E-state index in [1.54, 1.807) is 17.7 Å². The Hall–Kier alpha value is -1.42. The maximum absolute atomic E-state index is 4.30. The molecule has 0 bridgehead atoms. The van der Waals surface area contributed by atoms with Crippen LogP contribution in [0, 0.1) is 6.92 Å². The molecule has 2 aromatic rings. The fourth-order valence-electron chi connectivity index (χ4n) is 1.61. The van der Waals surface area contributed by atoms with Crippen LogP contribution in [0.3, 0.4) is 0 Å². The van der Waals surface area contributed by atoms with Crippen molar-refractivity contribution < 1.29 is 0 Å². The van der Waals surface area contributed by atoms with E-state index in [-0.39, 0.29) is 0 Å². The molecule has 0 fully saturated rings. The van der Waals surface area contributed by atoms with Gasteiger partial charge in [-0.3, -0.25) is 0 Å². The summed E-state index contributed by atoms with van der Waals surface area (Å²) in [6, 6.07) is 0.345. The zero-order valence-corrected chi connectivity index (χ0v) is 10.3. The topological polar surface area (TPSA) is 37.8 Å². The van der Waals surface area contributed by atoms with E-state index in [0.29, 0.717) is 6.04 Å². The highest BCUT2D eigenvalue weighted by Gasteiger charge is 2.09. The molecule has 1 unspecified atom stereocenters. The molecule has 0 aromatic carbocycles. The zero-order chi connectivity index (χ0) is 11.5. The van der Waals surface area contributed by atoms with E-state index in [1.807, 2.05) is 6.08 Å². The number of thiophene rings is 1. The minimum absolute atomic E-state index is 0.345. The van der Waals surface area contributed by atoms with Crippen LogP contribution in [0.4, 0.5) is 5.82 Å². The number of aromatic nitrogens is 2. The highest BCUT2D eigenvalue weighted by molar-refractivity contribution is 7.18. The number of hydrogen-bond donors (Lipinski definition) is 1. The summed E-state index contributed by atoms with van der Waals surface area (Å²) in [6.45, 7) is 7.93. The van der Waals surface area contributed by atoms with Gasteiger partial charge in [0.05, 0.1) is 10.2 Å². The van der Waals surface area contributed by atoms with Gasteiger partial charge >= 0.3 is 0 Å². The highest BCUT2D eigenvalue weighted by atomic mass is 32.1. The van der Waals surface area contributed by atoms with E-state index >= 15 is 0 Å². The summed E-state index contributed by atoms with van der Waals surface area (Å²) in [5.41, 5.74) is 2.26. The molecule has 16 heavy (non-hydrogen) atoms. The summed E-state index contributed by atoms with van der Waals surface area (Å²) >= 11 is 1.69. The van der Waals surface area contributed by atoms with E-state index in [2.05, 4.69) is 41.1 Å². The van der Waals surface area contributed by atoms with E-state index in [9.17, 15) is 0 Å². The molecule has 0 spiro atoms. The lowest BCUT2D eigenvalue weighted by Crippen LogP contribution is -2.14. The summed E-state index contributed by atoms with van der Waals surface area (Å²) in [5, 5.41) is 5.50. The van der Waals surface area contributed by atoms with Gasteiger partial charge in [0.15, 0.2) is 0 Å². The monoisotopic (exact) mass is 233 g/mol. The Morgan fingerprint density at radius 3 is 3.12 bits per heavy atom. The van der Waals surface area contributed by atoms with Crippen LogP contribution in [-0.2, 0) is 0 Å². The molecule has 0 saturated carbocycles. The number of nitrogens with zero attached hydrogens (tertiary/aromatic N) is 2. The highest BCUT2D eigenvalue weighted by Crippen LogP contribution is 2.28. The van der Waals surface area contributed by atoms with E-state index in [1.165, 1.54) is 5.56 Å². The second-order valence-corrected chi connectivity index (χ2v) is 4.77. The van der Waals surface area contributed by atoms with Crippen molar-refractivity contribution in [3.05, 3.63) is 29.9 Å². The number of rotatable bonds is 4. The lowest BCUT2D eigenvalue weighted by molar-refractivity contribution is 0.809. The minimum Gasteiger partial charge on any atom is -0.366 e. The molecule has 84 valence electrons. The quantitative estimate of drug-likeness (QED) is 0.823. The molecule has 2 rings (SSSR count). The third kappa shape index (κ3) is 2.07. The molecule has 4 heteroatoms. The van der Waals surface area contributed by atoms with E-state index in [4.69, 9.17) is 0 Å². The molecular weight excluding hydrogens is 218 g/mol. The molecular formula is C12H15N3S. The van der Waals surface area contributed by atoms with Crippen LogP contribution in [-0.4, -0.2) is 16.0 Å². The minimum atomic E-state index is 0.345. The van der Waals surface area contributed by atoms with Crippen LogP contribution in [0.25, 0.3) is 10.2 Å². The molecule has 0 aliphatic rings. The van der Waals surface area contributed by atoms with Crippen LogP contribution < -0.4 is 5.32 Å². The van der Waals surface area contributed by atoms with Crippen molar-refractivity contribution in [3.63, 3.8) is 0 Å². The second kappa shape index (κ2) is 4.61. The molecule has 1 atom stereocenters. The summed E-state index contributed by atoms with van der Waals surface area (Å²) < 4.78 is 1.14. The Balaban J connectivity index is 2.33. The number of hydrogen-bond acceptors (Lipinski definition) is 4. The Kier molecular flexibility index (Phi) is 3.19. The van der Waals surface area contributed by atoms with Gasteiger partial charge in [-0.25, -0.2) is 9.97 Å². The van der Waals surface area contributed by atoms with Crippen LogP contribution in [0.1, 0.15) is 18.9 Å². The zero-order valence-electron chi connectivity index (χ0n) is 9.53. The van der Waals surface area contributed by atoms with Crippen molar-refractivity contribution in [1.29, 1.82) is 0 Å². The predicted octanol–water partition coefficient (Wildman–Crippen LogP) is 3.38. The normalized spacial score (nSPS) is 12.6. The first-order chi connectivity index (χ1) is 7.72. The van der Waals surface area contributed by atoms with Crippen LogP contribution in [0.15, 0.2) is 24.4 Å². The van der Waals surface area contributed by atoms with E-state index in [0.717, 1.165) is 22.5 Å². The average molecular weight is 233 g/mol. The molecule has 0 amide bonds. The largest absolute Gasteiger partial charge is 0.366 e. The lowest BCUT2D eigenvalue weighted by atomic mass is 10.2. The van der Waals surface area contributed by atoms with E-state index < -0.39 is 0 Å². The Bertz CT molecular complexity index is 504. The predicted molar refractivity (Wildman–Crippen MR) is 70.1 cm³/mol. The summed E-state index contributed by atoms with van der Waals surface area (Å²) in [7, 11) is 0. The molecule has 1 N–H and O–H groups in total. The Morgan fingerprint density at radius 2 is 2.38 bits per heavy atom. The fourth-order valence-corrected chi connectivity index (χ4v) is 2.57. The Morgan fingerprint density at radius 1 is 1.56 bits per heavy atom. The van der Waals surface area contributed by atoms with Gasteiger partial charge in [0.25, 0.3) is 0 Å². The number of fused-ring (bicyclic) bond motifs is 1. The standard InChI is InChI=1S/C12H15N3S/c1-4-5-9(3)15-12-11-10(13-7-14-12)8(2)6-16-11/h4,6-7,9H,1,5H2,2-3H3,(H,13,14,15). The molecule has 3 nitrogen and oxygen atoms in total. The molecule has 0 aliphatic heterocycles. The van der Waals surface area contributed by atoms with Gasteiger partial charge in [-0.15, -0.1) is 17.9 Å². The average Bonchev–Trinajstić information content (AvgIpc) is 2.62. The van der Waals surface area contributed by atoms with Crippen molar-refractivity contribution in [2.45, 2.75) is 26.3 Å². The smallest absolute Gasteiger partial charge is 0.147 e. The fraction of sp³-hybridized carbons (Fsp3) is 0.333. The number of aryl methyl sites for hydroxylation is 1. The van der Waals surface area contributed by atoms with Gasteiger partial charge in [0.2, 0.25) is 0 Å². The first-order valence-corrected chi connectivity index (χ1v) is 6.16. The molecule has 0 saturated heterocycles. The lowest BCUT2D eigenvalue weighted by Gasteiger charge is -2.12. The van der Waals surface area contributed by atoms with Gasteiger partial charge in [-0.2, -0.15) is 0 Å². The summed E-state index contributed by atoms with van der Waals surface area (Å²) in [6.07, 6.45) is 4.45. The third-order valence-electron chi connectivity index (χ3n) is 2.43. The maximum atomic E-state index is 4.30. The molecule has 2 heterocycles. The number of nitrogens with one attached hydrogen (secondary N) is 1. The van der Waals surface area contributed by atoms with Crippen molar-refractivity contribution in [1.82, 2.24) is 9.97 Å². The van der Waals surface area contributed by atoms with Crippen LogP contribution >= 0.6 is 11.3 Å². The van der Waals surface area contributed by atoms with Crippen LogP contribution in [0.2, 0.25) is 0 Å². The SMILES string of the molecule is C=CCC(C)Nc1ncnc2c(C)csc12. The van der Waals surface area contributed by atoms with Gasteiger partial charge < -0.3 is 5.32 Å². The van der Waals surface area contributed by atoms with Crippen molar-refractivity contribution >= 4 is 27.4 Å². The summed E-state index contributed by atoms with van der Waals surface area (Å²) in [4.78, 5) is 8.59. The van der Waals surface area contributed by atoms with Crippen molar-refractivity contribution in [2.75, 3.05) is 5.32 Å². The number of anilines is 1. The van der Waals surface area contributed by atoms with Gasteiger partial charge in [0.1, 0.15) is 12.1 Å². The van der Waals surface area contributed by atoms with Crippen molar-refractivity contribution in [2.24, 2.45) is 0 Å². The van der Waals surface area contributed by atoms with Crippen LogP contribution in [0.5, 0.6) is 0 Å².